The molecule has 1 saturated heterocycles. The number of hydrogen-bond acceptors (Lipinski definition) is 5. The number of sulfonamides is 1. The summed E-state index contributed by atoms with van der Waals surface area (Å²) in [5, 5.41) is 1.75. The van der Waals surface area contributed by atoms with Crippen LogP contribution in [0, 0.1) is 0 Å². The largest absolute Gasteiger partial charge is 0.368 e. The number of benzene rings is 2. The van der Waals surface area contributed by atoms with Gasteiger partial charge in [-0.2, -0.15) is 4.31 Å². The molecule has 2 aromatic carbocycles. The molecule has 3 aromatic rings. The Balaban J connectivity index is 1.39. The molecule has 166 valence electrons. The number of amides is 1. The fourth-order valence-corrected chi connectivity index (χ4v) is 7.20. The average molecular weight is 468 g/mol. The molecule has 0 spiro atoms. The van der Waals surface area contributed by atoms with Crippen LogP contribution in [0.25, 0.3) is 0 Å². The number of hydrogen-bond donors (Lipinski definition) is 0. The van der Waals surface area contributed by atoms with Crippen molar-refractivity contribution in [1.29, 1.82) is 0 Å². The van der Waals surface area contributed by atoms with Gasteiger partial charge >= 0.3 is 0 Å². The van der Waals surface area contributed by atoms with E-state index in [1.54, 1.807) is 17.5 Å². The van der Waals surface area contributed by atoms with Crippen molar-refractivity contribution in [2.24, 2.45) is 0 Å². The molecule has 1 amide bonds. The Morgan fingerprint density at radius 1 is 0.844 bits per heavy atom. The minimum Gasteiger partial charge on any atom is -0.368 e. The van der Waals surface area contributed by atoms with Gasteiger partial charge in [0.2, 0.25) is 5.91 Å². The quantitative estimate of drug-likeness (QED) is 0.591. The molecule has 8 heteroatoms. The van der Waals surface area contributed by atoms with Gasteiger partial charge in [-0.3, -0.25) is 4.79 Å². The summed E-state index contributed by atoms with van der Waals surface area (Å²) in [7, 11) is -3.75. The molecule has 1 aromatic heterocycles. The molecule has 3 heterocycles. The summed E-state index contributed by atoms with van der Waals surface area (Å²) in [6, 6.07) is 20.6. The Labute approximate surface area is 192 Å². The maximum Gasteiger partial charge on any atom is 0.253 e. The predicted octanol–water partition coefficient (Wildman–Crippen LogP) is 3.21. The molecule has 0 saturated carbocycles. The van der Waals surface area contributed by atoms with Gasteiger partial charge in [-0.25, -0.2) is 8.42 Å². The molecule has 0 radical (unpaired) electrons. The summed E-state index contributed by atoms with van der Waals surface area (Å²) in [5.74, 6) is -0.104. The summed E-state index contributed by atoms with van der Waals surface area (Å²) in [4.78, 5) is 17.7. The summed E-state index contributed by atoms with van der Waals surface area (Å²) in [5.41, 5.74) is 3.16. The minimum absolute atomic E-state index is 0.104. The molecular weight excluding hydrogens is 442 g/mol. The van der Waals surface area contributed by atoms with Crippen LogP contribution in [-0.2, 0) is 27.8 Å². The fourth-order valence-electron chi connectivity index (χ4n) is 4.52. The zero-order valence-electron chi connectivity index (χ0n) is 17.6. The lowest BCUT2D eigenvalue weighted by Gasteiger charge is -2.41. The van der Waals surface area contributed by atoms with E-state index in [4.69, 9.17) is 0 Å². The van der Waals surface area contributed by atoms with Gasteiger partial charge in [0.15, 0.2) is 0 Å². The van der Waals surface area contributed by atoms with Gasteiger partial charge < -0.3 is 9.80 Å². The number of anilines is 1. The fraction of sp³-hybridized carbons (Fsp3) is 0.292. The number of carbonyl (C=O) groups excluding carboxylic acids is 1. The third kappa shape index (κ3) is 3.94. The van der Waals surface area contributed by atoms with E-state index in [-0.39, 0.29) is 16.7 Å². The van der Waals surface area contributed by atoms with Gasteiger partial charge in [-0.15, -0.1) is 11.3 Å². The summed E-state index contributed by atoms with van der Waals surface area (Å²) < 4.78 is 28.6. The molecule has 2 aliphatic rings. The van der Waals surface area contributed by atoms with E-state index < -0.39 is 16.1 Å². The second kappa shape index (κ2) is 8.69. The zero-order valence-corrected chi connectivity index (χ0v) is 19.3. The van der Waals surface area contributed by atoms with E-state index in [1.807, 2.05) is 47.4 Å². The van der Waals surface area contributed by atoms with E-state index in [1.165, 1.54) is 15.6 Å². The van der Waals surface area contributed by atoms with Crippen LogP contribution in [0.1, 0.15) is 11.1 Å². The summed E-state index contributed by atoms with van der Waals surface area (Å²) in [6.07, 6.45) is 0.401. The van der Waals surface area contributed by atoms with Crippen molar-refractivity contribution in [3.8, 4) is 0 Å². The molecule has 0 aliphatic carbocycles. The van der Waals surface area contributed by atoms with Crippen molar-refractivity contribution < 1.29 is 13.2 Å². The summed E-state index contributed by atoms with van der Waals surface area (Å²) >= 11 is 1.19. The smallest absolute Gasteiger partial charge is 0.253 e. The van der Waals surface area contributed by atoms with Gasteiger partial charge in [0.25, 0.3) is 10.0 Å². The Hall–Kier alpha value is -2.68. The number of fused-ring (bicyclic) bond motifs is 1. The highest BCUT2D eigenvalue weighted by atomic mass is 32.2. The highest BCUT2D eigenvalue weighted by molar-refractivity contribution is 7.91. The number of carbonyl (C=O) groups is 1. The molecular formula is C24H25N3O3S2. The molecule has 6 nitrogen and oxygen atoms in total. The number of piperazine rings is 1. The molecule has 0 bridgehead atoms. The second-order valence-corrected chi connectivity index (χ2v) is 11.2. The van der Waals surface area contributed by atoms with Crippen LogP contribution in [0.4, 0.5) is 5.69 Å². The SMILES string of the molecule is O=C([C@@H]1Cc2ccccc2CN1S(=O)(=O)c1cccs1)N1CCN(c2ccccc2)CC1. The van der Waals surface area contributed by atoms with Crippen LogP contribution < -0.4 is 4.90 Å². The molecule has 1 atom stereocenters. The van der Waals surface area contributed by atoms with Crippen molar-refractivity contribution in [3.05, 3.63) is 83.2 Å². The lowest BCUT2D eigenvalue weighted by atomic mass is 9.95. The van der Waals surface area contributed by atoms with Gasteiger partial charge in [0, 0.05) is 38.4 Å². The van der Waals surface area contributed by atoms with Gasteiger partial charge in [-0.05, 0) is 41.1 Å². The van der Waals surface area contributed by atoms with Crippen molar-refractivity contribution in [2.75, 3.05) is 31.1 Å². The molecule has 0 unspecified atom stereocenters. The van der Waals surface area contributed by atoms with E-state index in [0.29, 0.717) is 19.5 Å². The molecule has 1 fully saturated rings. The van der Waals surface area contributed by atoms with Crippen molar-refractivity contribution >= 4 is 33.0 Å². The molecule has 2 aliphatic heterocycles. The van der Waals surface area contributed by atoms with Crippen LogP contribution >= 0.6 is 11.3 Å². The van der Waals surface area contributed by atoms with Gasteiger partial charge in [0.1, 0.15) is 10.3 Å². The summed E-state index contributed by atoms with van der Waals surface area (Å²) in [6.45, 7) is 2.85. The van der Waals surface area contributed by atoms with Crippen molar-refractivity contribution in [1.82, 2.24) is 9.21 Å². The zero-order chi connectivity index (χ0) is 22.1. The maximum absolute atomic E-state index is 13.6. The first-order valence-electron chi connectivity index (χ1n) is 10.7. The minimum atomic E-state index is -3.75. The van der Waals surface area contributed by atoms with Crippen molar-refractivity contribution in [2.45, 2.75) is 23.2 Å². The molecule has 5 rings (SSSR count). The van der Waals surface area contributed by atoms with E-state index in [2.05, 4.69) is 17.0 Å². The van der Waals surface area contributed by atoms with Crippen LogP contribution in [0.15, 0.2) is 76.3 Å². The van der Waals surface area contributed by atoms with Gasteiger partial charge in [-0.1, -0.05) is 48.5 Å². The maximum atomic E-state index is 13.6. The Kier molecular flexibility index (Phi) is 5.75. The van der Waals surface area contributed by atoms with Crippen LogP contribution in [0.3, 0.4) is 0 Å². The number of nitrogens with zero attached hydrogens (tertiary/aromatic N) is 3. The lowest BCUT2D eigenvalue weighted by molar-refractivity contribution is -0.136. The lowest BCUT2D eigenvalue weighted by Crippen LogP contribution is -2.57. The van der Waals surface area contributed by atoms with Crippen molar-refractivity contribution in [3.63, 3.8) is 0 Å². The van der Waals surface area contributed by atoms with E-state index in [0.717, 1.165) is 29.9 Å². The highest BCUT2D eigenvalue weighted by Gasteiger charge is 2.42. The number of para-hydroxylation sites is 1. The third-order valence-corrected chi connectivity index (χ3v) is 9.49. The predicted molar refractivity (Wildman–Crippen MR) is 126 cm³/mol. The normalized spacial score (nSPS) is 19.6. The standard InChI is InChI=1S/C24H25N3O3S2/c28-24(26-14-12-25(13-15-26)21-9-2-1-3-10-21)22-17-19-7-4-5-8-20(19)18-27(22)32(29,30)23-11-6-16-31-23/h1-11,16,22H,12-15,17-18H2/t22-/m0/s1. The highest BCUT2D eigenvalue weighted by Crippen LogP contribution is 2.32. The van der Waals surface area contributed by atoms with E-state index >= 15 is 0 Å². The first-order chi connectivity index (χ1) is 15.5. The number of rotatable bonds is 4. The number of thiophene rings is 1. The Bertz CT molecular complexity index is 1190. The first-order valence-corrected chi connectivity index (χ1v) is 13.1. The third-order valence-electron chi connectivity index (χ3n) is 6.26. The van der Waals surface area contributed by atoms with Gasteiger partial charge in [0.05, 0.1) is 0 Å². The topological polar surface area (TPSA) is 60.9 Å². The van der Waals surface area contributed by atoms with Crippen LogP contribution in [0.2, 0.25) is 0 Å². The van der Waals surface area contributed by atoms with Crippen LogP contribution in [-0.4, -0.2) is 55.8 Å². The average Bonchev–Trinajstić information content (AvgIpc) is 3.39. The monoisotopic (exact) mass is 467 g/mol. The van der Waals surface area contributed by atoms with E-state index in [9.17, 15) is 13.2 Å². The van der Waals surface area contributed by atoms with Crippen LogP contribution in [0.5, 0.6) is 0 Å². The Morgan fingerprint density at radius 3 is 2.22 bits per heavy atom. The second-order valence-electron chi connectivity index (χ2n) is 8.12. The Morgan fingerprint density at radius 2 is 1.53 bits per heavy atom. The first kappa shape index (κ1) is 21.2. The molecule has 0 N–H and O–H groups in total. The molecule has 32 heavy (non-hydrogen) atoms.